The summed E-state index contributed by atoms with van der Waals surface area (Å²) in [6, 6.07) is 16.4. The van der Waals surface area contributed by atoms with Gasteiger partial charge in [-0.3, -0.25) is 4.79 Å². The van der Waals surface area contributed by atoms with Crippen molar-refractivity contribution < 1.29 is 4.79 Å². The van der Waals surface area contributed by atoms with Gasteiger partial charge in [0, 0.05) is 21.9 Å². The summed E-state index contributed by atoms with van der Waals surface area (Å²) in [5.41, 5.74) is 3.22. The summed E-state index contributed by atoms with van der Waals surface area (Å²) >= 11 is 5.51. The molecule has 1 amide bonds. The number of carbonyl (C=O) groups is 1. The Labute approximate surface area is 154 Å². The predicted molar refractivity (Wildman–Crippen MR) is 109 cm³/mol. The first kappa shape index (κ1) is 16.1. The summed E-state index contributed by atoms with van der Waals surface area (Å²) < 4.78 is 1.65. The van der Waals surface area contributed by atoms with Crippen molar-refractivity contribution in [2.75, 3.05) is 16.8 Å². The van der Waals surface area contributed by atoms with Crippen molar-refractivity contribution in [2.45, 2.75) is 11.5 Å². The summed E-state index contributed by atoms with van der Waals surface area (Å²) in [7, 11) is 0. The maximum atomic E-state index is 12.7. The minimum absolute atomic E-state index is 0.0161. The van der Waals surface area contributed by atoms with Crippen LogP contribution in [0.4, 0.5) is 5.69 Å². The number of hydrogen-bond acceptors (Lipinski definition) is 4. The molecule has 1 N–H and O–H groups in total. The molecule has 1 saturated heterocycles. The Hall–Kier alpha value is -1.43. The molecule has 0 atom stereocenters. The van der Waals surface area contributed by atoms with Crippen LogP contribution in [0.3, 0.4) is 0 Å². The van der Waals surface area contributed by atoms with Gasteiger partial charge in [-0.2, -0.15) is 0 Å². The van der Waals surface area contributed by atoms with Crippen molar-refractivity contribution in [1.29, 1.82) is 0 Å². The Morgan fingerprint density at radius 3 is 2.67 bits per heavy atom. The number of thiophene rings is 1. The number of thioether (sulfide) groups is 2. The molecule has 0 spiro atoms. The second kappa shape index (κ2) is 6.82. The zero-order chi connectivity index (χ0) is 16.5. The van der Waals surface area contributed by atoms with Crippen LogP contribution in [0.1, 0.15) is 25.4 Å². The minimum atomic E-state index is -0.0161. The smallest absolute Gasteiger partial charge is 0.266 e. The van der Waals surface area contributed by atoms with Gasteiger partial charge in [-0.15, -0.1) is 34.9 Å². The van der Waals surface area contributed by atoms with Crippen molar-refractivity contribution >= 4 is 56.5 Å². The molecule has 122 valence electrons. The van der Waals surface area contributed by atoms with Gasteiger partial charge in [0.15, 0.2) is 0 Å². The molecule has 2 nitrogen and oxygen atoms in total. The van der Waals surface area contributed by atoms with Crippen LogP contribution in [0.2, 0.25) is 0 Å². The lowest BCUT2D eigenvalue weighted by Crippen LogP contribution is -2.11. The van der Waals surface area contributed by atoms with E-state index in [2.05, 4.69) is 29.6 Å². The maximum Gasteiger partial charge on any atom is 0.266 e. The van der Waals surface area contributed by atoms with Crippen LogP contribution >= 0.6 is 34.9 Å². The first-order valence-electron chi connectivity index (χ1n) is 7.85. The fourth-order valence-electron chi connectivity index (χ4n) is 2.89. The highest BCUT2D eigenvalue weighted by Crippen LogP contribution is 2.45. The number of rotatable bonds is 3. The Balaban J connectivity index is 1.59. The van der Waals surface area contributed by atoms with Crippen molar-refractivity contribution in [3.05, 3.63) is 64.5 Å². The van der Waals surface area contributed by atoms with E-state index in [0.29, 0.717) is 4.58 Å². The summed E-state index contributed by atoms with van der Waals surface area (Å²) in [6.45, 7) is 2.02. The third kappa shape index (κ3) is 3.08. The molecular formula is C19H17NOS3. The Morgan fingerprint density at radius 2 is 1.88 bits per heavy atom. The molecule has 3 aromatic rings. The van der Waals surface area contributed by atoms with Crippen LogP contribution in [-0.4, -0.2) is 17.4 Å². The summed E-state index contributed by atoms with van der Waals surface area (Å²) in [4.78, 5) is 13.5. The molecule has 0 radical (unpaired) electrons. The largest absolute Gasteiger partial charge is 0.321 e. The lowest BCUT2D eigenvalue weighted by molar-refractivity contribution is 0.103. The molecule has 1 aromatic heterocycles. The zero-order valence-corrected chi connectivity index (χ0v) is 15.7. The number of nitrogens with one attached hydrogen (secondary N) is 1. The SMILES string of the molecule is Cc1c(C(=O)Nc2cccc(C3SCCS3)c2)sc2ccccc12. The van der Waals surface area contributed by atoms with Crippen LogP contribution in [-0.2, 0) is 0 Å². The van der Waals surface area contributed by atoms with E-state index >= 15 is 0 Å². The van der Waals surface area contributed by atoms with E-state index in [4.69, 9.17) is 0 Å². The molecule has 1 fully saturated rings. The quantitative estimate of drug-likeness (QED) is 0.618. The highest BCUT2D eigenvalue weighted by atomic mass is 32.2. The number of fused-ring (bicyclic) bond motifs is 1. The van der Waals surface area contributed by atoms with Gasteiger partial charge in [-0.25, -0.2) is 0 Å². The van der Waals surface area contributed by atoms with Gasteiger partial charge in [-0.05, 0) is 41.6 Å². The Kier molecular flexibility index (Phi) is 4.57. The molecular weight excluding hydrogens is 354 g/mol. The molecule has 1 aliphatic rings. The van der Waals surface area contributed by atoms with E-state index in [1.165, 1.54) is 22.5 Å². The summed E-state index contributed by atoms with van der Waals surface area (Å²) in [5.74, 6) is 2.39. The third-order valence-electron chi connectivity index (χ3n) is 4.09. The topological polar surface area (TPSA) is 29.1 Å². The van der Waals surface area contributed by atoms with Gasteiger partial charge in [0.25, 0.3) is 5.91 Å². The first-order valence-corrected chi connectivity index (χ1v) is 10.8. The lowest BCUT2D eigenvalue weighted by Gasteiger charge is -2.11. The van der Waals surface area contributed by atoms with Gasteiger partial charge < -0.3 is 5.32 Å². The molecule has 0 unspecified atom stereocenters. The number of amides is 1. The van der Waals surface area contributed by atoms with E-state index in [1.807, 2.05) is 54.7 Å². The fourth-order valence-corrected chi connectivity index (χ4v) is 6.84. The Bertz CT molecular complexity index is 897. The van der Waals surface area contributed by atoms with E-state index in [-0.39, 0.29) is 5.91 Å². The van der Waals surface area contributed by atoms with Gasteiger partial charge in [-0.1, -0.05) is 30.3 Å². The van der Waals surface area contributed by atoms with Gasteiger partial charge in [0.05, 0.1) is 9.46 Å². The number of carbonyl (C=O) groups excluding carboxylic acids is 1. The highest BCUT2D eigenvalue weighted by molar-refractivity contribution is 8.19. The van der Waals surface area contributed by atoms with Crippen molar-refractivity contribution in [3.8, 4) is 0 Å². The highest BCUT2D eigenvalue weighted by Gasteiger charge is 2.19. The van der Waals surface area contributed by atoms with Crippen LogP contribution < -0.4 is 5.32 Å². The molecule has 5 heteroatoms. The van der Waals surface area contributed by atoms with Gasteiger partial charge in [0.1, 0.15) is 0 Å². The normalized spacial score (nSPS) is 15.0. The molecule has 0 saturated carbocycles. The first-order chi connectivity index (χ1) is 11.7. The average Bonchev–Trinajstić information content (AvgIpc) is 3.24. The number of anilines is 1. The molecule has 4 rings (SSSR count). The predicted octanol–water partition coefficient (Wildman–Crippen LogP) is 5.94. The van der Waals surface area contributed by atoms with Gasteiger partial charge in [0.2, 0.25) is 0 Å². The van der Waals surface area contributed by atoms with Gasteiger partial charge >= 0.3 is 0 Å². The molecule has 0 bridgehead atoms. The van der Waals surface area contributed by atoms with Crippen molar-refractivity contribution in [2.24, 2.45) is 0 Å². The Morgan fingerprint density at radius 1 is 1.08 bits per heavy atom. The van der Waals surface area contributed by atoms with E-state index in [1.54, 1.807) is 11.3 Å². The van der Waals surface area contributed by atoms with E-state index in [9.17, 15) is 4.79 Å². The second-order valence-electron chi connectivity index (χ2n) is 5.71. The number of aryl methyl sites for hydroxylation is 1. The molecule has 0 aliphatic carbocycles. The molecule has 24 heavy (non-hydrogen) atoms. The number of benzene rings is 2. The van der Waals surface area contributed by atoms with Crippen LogP contribution in [0.5, 0.6) is 0 Å². The summed E-state index contributed by atoms with van der Waals surface area (Å²) in [5, 5.41) is 4.24. The van der Waals surface area contributed by atoms with Crippen LogP contribution in [0.15, 0.2) is 48.5 Å². The fraction of sp³-hybridized carbons (Fsp3) is 0.211. The minimum Gasteiger partial charge on any atom is -0.321 e. The van der Waals surface area contributed by atoms with Crippen molar-refractivity contribution in [1.82, 2.24) is 0 Å². The molecule has 2 aromatic carbocycles. The molecule has 1 aliphatic heterocycles. The van der Waals surface area contributed by atoms with Crippen LogP contribution in [0, 0.1) is 6.92 Å². The lowest BCUT2D eigenvalue weighted by atomic mass is 10.1. The van der Waals surface area contributed by atoms with E-state index < -0.39 is 0 Å². The maximum absolute atomic E-state index is 12.7. The number of hydrogen-bond donors (Lipinski definition) is 1. The molecule has 2 heterocycles. The third-order valence-corrected chi connectivity index (χ3v) is 8.46. The average molecular weight is 372 g/mol. The second-order valence-corrected chi connectivity index (χ2v) is 9.48. The summed E-state index contributed by atoms with van der Waals surface area (Å²) in [6.07, 6.45) is 0. The monoisotopic (exact) mass is 371 g/mol. The standard InChI is InChI=1S/C19H17NOS3/c1-12-15-7-2-3-8-16(15)24-17(12)18(21)20-14-6-4-5-13(11-14)19-22-9-10-23-19/h2-8,11,19H,9-10H2,1H3,(H,20,21). The van der Waals surface area contributed by atoms with E-state index in [0.717, 1.165) is 20.8 Å². The van der Waals surface area contributed by atoms with Crippen molar-refractivity contribution in [3.63, 3.8) is 0 Å². The zero-order valence-electron chi connectivity index (χ0n) is 13.2. The van der Waals surface area contributed by atoms with Crippen LogP contribution in [0.25, 0.3) is 10.1 Å².